The van der Waals surface area contributed by atoms with Gasteiger partial charge in [0.25, 0.3) is 0 Å². The summed E-state index contributed by atoms with van der Waals surface area (Å²) in [4.78, 5) is 3.69. The Labute approximate surface area is 139 Å². The van der Waals surface area contributed by atoms with Crippen LogP contribution in [0.5, 0.6) is 0 Å². The van der Waals surface area contributed by atoms with Gasteiger partial charge in [-0.15, -0.1) is 0 Å². The second-order valence-electron chi connectivity index (χ2n) is 6.18. The molecule has 3 heteroatoms. The summed E-state index contributed by atoms with van der Waals surface area (Å²) < 4.78 is 1.16. The minimum atomic E-state index is 0.228. The van der Waals surface area contributed by atoms with Crippen molar-refractivity contribution in [3.05, 3.63) is 68.8 Å². The number of nitrogens with one attached hydrogen (secondary N) is 2. The summed E-state index contributed by atoms with van der Waals surface area (Å²) in [6.07, 6.45) is 1.08. The van der Waals surface area contributed by atoms with Gasteiger partial charge in [0.05, 0.1) is 6.04 Å². The minimum absolute atomic E-state index is 0.228. The summed E-state index contributed by atoms with van der Waals surface area (Å²) in [7, 11) is 0. The number of aromatic amines is 1. The first-order chi connectivity index (χ1) is 10.6. The van der Waals surface area contributed by atoms with Gasteiger partial charge in [0.15, 0.2) is 0 Å². The molecule has 1 aliphatic rings. The molecule has 2 N–H and O–H groups in total. The Morgan fingerprint density at radius 1 is 1.14 bits per heavy atom. The van der Waals surface area contributed by atoms with Crippen LogP contribution >= 0.6 is 15.9 Å². The zero-order valence-electron chi connectivity index (χ0n) is 12.8. The molecule has 2 heterocycles. The lowest BCUT2D eigenvalue weighted by atomic mass is 9.93. The predicted molar refractivity (Wildman–Crippen MR) is 95.5 cm³/mol. The van der Waals surface area contributed by atoms with E-state index < -0.39 is 0 Å². The molecule has 0 fully saturated rings. The number of aryl methyl sites for hydroxylation is 2. The topological polar surface area (TPSA) is 27.8 Å². The highest BCUT2D eigenvalue weighted by Gasteiger charge is 2.26. The number of hydrogen-bond donors (Lipinski definition) is 2. The maximum atomic E-state index is 3.70. The van der Waals surface area contributed by atoms with Gasteiger partial charge in [-0.05, 0) is 54.7 Å². The number of fused-ring (bicyclic) bond motifs is 3. The summed E-state index contributed by atoms with van der Waals surface area (Å²) in [6.45, 7) is 5.40. The number of H-pyrrole nitrogens is 1. The fourth-order valence-corrected chi connectivity index (χ4v) is 4.26. The van der Waals surface area contributed by atoms with E-state index in [1.54, 1.807) is 0 Å². The van der Waals surface area contributed by atoms with E-state index in [2.05, 4.69) is 76.5 Å². The van der Waals surface area contributed by atoms with Crippen molar-refractivity contribution in [2.45, 2.75) is 26.3 Å². The molecule has 0 radical (unpaired) electrons. The molecule has 112 valence electrons. The second-order valence-corrected chi connectivity index (χ2v) is 7.03. The van der Waals surface area contributed by atoms with Crippen molar-refractivity contribution in [2.75, 3.05) is 6.54 Å². The SMILES string of the molecule is Cc1cc(C)c2c3c([nH]c2c1)C(c1ccccc1Br)NCC3. The van der Waals surface area contributed by atoms with Crippen LogP contribution in [0.1, 0.15) is 34.0 Å². The van der Waals surface area contributed by atoms with Crippen LogP contribution in [-0.4, -0.2) is 11.5 Å². The highest BCUT2D eigenvalue weighted by atomic mass is 79.9. The maximum Gasteiger partial charge on any atom is 0.0743 e. The number of aromatic nitrogens is 1. The van der Waals surface area contributed by atoms with Crippen LogP contribution in [0.15, 0.2) is 40.9 Å². The van der Waals surface area contributed by atoms with Crippen molar-refractivity contribution in [2.24, 2.45) is 0 Å². The van der Waals surface area contributed by atoms with Crippen molar-refractivity contribution >= 4 is 26.8 Å². The van der Waals surface area contributed by atoms with Gasteiger partial charge < -0.3 is 10.3 Å². The molecule has 3 aromatic rings. The Kier molecular flexibility index (Phi) is 3.35. The second kappa shape index (κ2) is 5.25. The first-order valence-corrected chi connectivity index (χ1v) is 8.54. The molecule has 0 aliphatic carbocycles. The first kappa shape index (κ1) is 14.0. The maximum absolute atomic E-state index is 3.70. The van der Waals surface area contributed by atoms with E-state index in [0.717, 1.165) is 17.4 Å². The van der Waals surface area contributed by atoms with Gasteiger partial charge in [-0.25, -0.2) is 0 Å². The summed E-state index contributed by atoms with van der Waals surface area (Å²) >= 11 is 3.70. The summed E-state index contributed by atoms with van der Waals surface area (Å²) in [5, 5.41) is 5.08. The molecule has 0 spiro atoms. The molecule has 2 nitrogen and oxygen atoms in total. The molecular formula is C19H19BrN2. The Morgan fingerprint density at radius 2 is 1.95 bits per heavy atom. The standard InChI is InChI=1S/C19H19BrN2/c1-11-9-12(2)17-14-7-8-21-18(19(14)22-16(17)10-11)13-5-3-4-6-15(13)20/h3-6,9-10,18,21-22H,7-8H2,1-2H3. The number of benzene rings is 2. The lowest BCUT2D eigenvalue weighted by molar-refractivity contribution is 0.559. The zero-order chi connectivity index (χ0) is 15.3. The first-order valence-electron chi connectivity index (χ1n) is 7.74. The van der Waals surface area contributed by atoms with Gasteiger partial charge in [0, 0.05) is 27.6 Å². The summed E-state index contributed by atoms with van der Waals surface area (Å²) in [5.41, 5.74) is 8.05. The normalized spacial score (nSPS) is 17.7. The van der Waals surface area contributed by atoms with Gasteiger partial charge in [-0.3, -0.25) is 0 Å². The average Bonchev–Trinajstić information content (AvgIpc) is 2.86. The third kappa shape index (κ3) is 2.11. The van der Waals surface area contributed by atoms with Crippen molar-refractivity contribution < 1.29 is 0 Å². The third-order valence-electron chi connectivity index (χ3n) is 4.60. The molecule has 0 amide bonds. The van der Waals surface area contributed by atoms with E-state index in [1.165, 1.54) is 38.9 Å². The van der Waals surface area contributed by atoms with E-state index in [4.69, 9.17) is 0 Å². The third-order valence-corrected chi connectivity index (χ3v) is 5.33. The smallest absolute Gasteiger partial charge is 0.0743 e. The minimum Gasteiger partial charge on any atom is -0.357 e. The average molecular weight is 355 g/mol. The van der Waals surface area contributed by atoms with Crippen LogP contribution < -0.4 is 5.32 Å². The molecule has 1 atom stereocenters. The Bertz CT molecular complexity index is 863. The van der Waals surface area contributed by atoms with E-state index >= 15 is 0 Å². The van der Waals surface area contributed by atoms with Gasteiger partial charge in [0.1, 0.15) is 0 Å². The Morgan fingerprint density at radius 3 is 2.77 bits per heavy atom. The van der Waals surface area contributed by atoms with E-state index in [9.17, 15) is 0 Å². The van der Waals surface area contributed by atoms with E-state index in [-0.39, 0.29) is 6.04 Å². The Balaban J connectivity index is 1.96. The molecule has 22 heavy (non-hydrogen) atoms. The summed E-state index contributed by atoms with van der Waals surface area (Å²) in [5.74, 6) is 0. The highest BCUT2D eigenvalue weighted by Crippen LogP contribution is 2.37. The lowest BCUT2D eigenvalue weighted by Gasteiger charge is -2.25. The van der Waals surface area contributed by atoms with Gasteiger partial charge in [-0.2, -0.15) is 0 Å². The van der Waals surface area contributed by atoms with Crippen molar-refractivity contribution in [1.82, 2.24) is 10.3 Å². The van der Waals surface area contributed by atoms with E-state index in [1.807, 2.05) is 0 Å². The lowest BCUT2D eigenvalue weighted by Crippen LogP contribution is -2.30. The fourth-order valence-electron chi connectivity index (χ4n) is 3.75. The highest BCUT2D eigenvalue weighted by molar-refractivity contribution is 9.10. The van der Waals surface area contributed by atoms with Gasteiger partial charge in [0.2, 0.25) is 0 Å². The monoisotopic (exact) mass is 354 g/mol. The van der Waals surface area contributed by atoms with E-state index in [0.29, 0.717) is 0 Å². The van der Waals surface area contributed by atoms with Gasteiger partial charge in [-0.1, -0.05) is 40.2 Å². The molecular weight excluding hydrogens is 336 g/mol. The van der Waals surface area contributed by atoms with Crippen LogP contribution in [0.4, 0.5) is 0 Å². The zero-order valence-corrected chi connectivity index (χ0v) is 14.4. The van der Waals surface area contributed by atoms with Crippen molar-refractivity contribution in [3.8, 4) is 0 Å². The van der Waals surface area contributed by atoms with Gasteiger partial charge >= 0.3 is 0 Å². The summed E-state index contributed by atoms with van der Waals surface area (Å²) in [6, 6.07) is 13.3. The van der Waals surface area contributed by atoms with Crippen molar-refractivity contribution in [3.63, 3.8) is 0 Å². The largest absolute Gasteiger partial charge is 0.357 e. The van der Waals surface area contributed by atoms with Crippen LogP contribution in [0.3, 0.4) is 0 Å². The number of hydrogen-bond acceptors (Lipinski definition) is 1. The van der Waals surface area contributed by atoms with Crippen LogP contribution in [-0.2, 0) is 6.42 Å². The van der Waals surface area contributed by atoms with Crippen LogP contribution in [0.2, 0.25) is 0 Å². The molecule has 1 aliphatic heterocycles. The number of rotatable bonds is 1. The molecule has 1 aromatic heterocycles. The number of halogens is 1. The molecule has 2 aromatic carbocycles. The molecule has 0 saturated heterocycles. The molecule has 0 bridgehead atoms. The predicted octanol–water partition coefficient (Wildman–Crippen LogP) is 4.78. The molecule has 0 saturated carbocycles. The van der Waals surface area contributed by atoms with Crippen LogP contribution in [0, 0.1) is 13.8 Å². The van der Waals surface area contributed by atoms with Crippen molar-refractivity contribution in [1.29, 1.82) is 0 Å². The fraction of sp³-hybridized carbons (Fsp3) is 0.263. The quantitative estimate of drug-likeness (QED) is 0.646. The van der Waals surface area contributed by atoms with Crippen LogP contribution in [0.25, 0.3) is 10.9 Å². The molecule has 4 rings (SSSR count). The molecule has 1 unspecified atom stereocenters. The Hall–Kier alpha value is -1.58.